The normalized spacial score (nSPS) is 10.3. The van der Waals surface area contributed by atoms with Gasteiger partial charge in [0.05, 0.1) is 11.6 Å². The zero-order chi connectivity index (χ0) is 13.7. The van der Waals surface area contributed by atoms with Gasteiger partial charge in [0.25, 0.3) is 0 Å². The van der Waals surface area contributed by atoms with Crippen molar-refractivity contribution in [2.45, 2.75) is 13.3 Å². The molecule has 0 saturated heterocycles. The molecule has 1 N–H and O–H groups in total. The Hall–Kier alpha value is -1.62. The number of ether oxygens (including phenoxy) is 1. The van der Waals surface area contributed by atoms with Crippen molar-refractivity contribution in [3.8, 4) is 5.75 Å². The van der Waals surface area contributed by atoms with Crippen LogP contribution in [0.25, 0.3) is 0 Å². The van der Waals surface area contributed by atoms with Gasteiger partial charge in [-0.3, -0.25) is 0 Å². The molecular formula is C14H16BrN3O. The van der Waals surface area contributed by atoms with Crippen LogP contribution in [0.3, 0.4) is 0 Å². The van der Waals surface area contributed by atoms with Crippen molar-refractivity contribution in [2.75, 3.05) is 19.0 Å². The average molecular weight is 322 g/mol. The number of aromatic nitrogens is 2. The number of benzene rings is 1. The van der Waals surface area contributed by atoms with E-state index in [1.807, 2.05) is 31.2 Å². The smallest absolute Gasteiger partial charge is 0.144 e. The van der Waals surface area contributed by atoms with Crippen molar-refractivity contribution in [1.82, 2.24) is 9.97 Å². The summed E-state index contributed by atoms with van der Waals surface area (Å²) in [5.41, 5.74) is 1.13. The van der Waals surface area contributed by atoms with Crippen LogP contribution in [0, 0.1) is 0 Å². The topological polar surface area (TPSA) is 47.0 Å². The predicted molar refractivity (Wildman–Crippen MR) is 79.7 cm³/mol. The molecule has 0 bridgehead atoms. The third kappa shape index (κ3) is 3.67. The first-order valence-corrected chi connectivity index (χ1v) is 6.90. The fourth-order valence-corrected chi connectivity index (χ4v) is 2.08. The highest BCUT2D eigenvalue weighted by Crippen LogP contribution is 2.20. The van der Waals surface area contributed by atoms with E-state index in [1.54, 1.807) is 13.3 Å². The summed E-state index contributed by atoms with van der Waals surface area (Å²) in [6, 6.07) is 7.94. The molecule has 4 nitrogen and oxygen atoms in total. The highest BCUT2D eigenvalue weighted by Gasteiger charge is 2.05. The maximum atomic E-state index is 5.21. The van der Waals surface area contributed by atoms with Gasteiger partial charge in [-0.05, 0) is 40.5 Å². The quantitative estimate of drug-likeness (QED) is 0.918. The van der Waals surface area contributed by atoms with Gasteiger partial charge in [-0.25, -0.2) is 9.97 Å². The summed E-state index contributed by atoms with van der Waals surface area (Å²) < 4.78 is 6.09. The van der Waals surface area contributed by atoms with Gasteiger partial charge < -0.3 is 10.1 Å². The monoisotopic (exact) mass is 321 g/mol. The van der Waals surface area contributed by atoms with E-state index in [1.165, 1.54) is 0 Å². The van der Waals surface area contributed by atoms with Gasteiger partial charge in [0, 0.05) is 19.2 Å². The summed E-state index contributed by atoms with van der Waals surface area (Å²) in [5, 5.41) is 3.20. The lowest BCUT2D eigenvalue weighted by molar-refractivity contribution is 0.414. The van der Waals surface area contributed by atoms with Crippen LogP contribution in [-0.4, -0.2) is 23.6 Å². The summed E-state index contributed by atoms with van der Waals surface area (Å²) in [4.78, 5) is 8.84. The molecule has 100 valence electrons. The third-order valence-corrected chi connectivity index (χ3v) is 3.21. The molecule has 0 fully saturated rings. The molecule has 1 aromatic heterocycles. The molecule has 0 spiro atoms. The minimum absolute atomic E-state index is 0.683. The highest BCUT2D eigenvalue weighted by molar-refractivity contribution is 9.10. The molecule has 2 aromatic rings. The number of nitrogens with zero attached hydrogens (tertiary/aromatic N) is 2. The van der Waals surface area contributed by atoms with Crippen LogP contribution in [0.5, 0.6) is 5.75 Å². The van der Waals surface area contributed by atoms with E-state index in [0.29, 0.717) is 6.42 Å². The first kappa shape index (κ1) is 13.8. The van der Waals surface area contributed by atoms with Crippen molar-refractivity contribution in [2.24, 2.45) is 0 Å². The number of nitrogens with one attached hydrogen (secondary N) is 1. The average Bonchev–Trinajstić information content (AvgIpc) is 2.43. The zero-order valence-corrected chi connectivity index (χ0v) is 12.6. The minimum atomic E-state index is 0.683. The first-order valence-electron chi connectivity index (χ1n) is 6.11. The lowest BCUT2D eigenvalue weighted by Gasteiger charge is -2.08. The van der Waals surface area contributed by atoms with E-state index in [0.717, 1.165) is 34.0 Å². The maximum Gasteiger partial charge on any atom is 0.144 e. The second-order valence-corrected chi connectivity index (χ2v) is 4.90. The summed E-state index contributed by atoms with van der Waals surface area (Å²) in [6.45, 7) is 2.87. The van der Waals surface area contributed by atoms with E-state index >= 15 is 0 Å². The Morgan fingerprint density at radius 1 is 1.37 bits per heavy atom. The Labute approximate surface area is 121 Å². The van der Waals surface area contributed by atoms with E-state index in [-0.39, 0.29) is 0 Å². The van der Waals surface area contributed by atoms with Crippen LogP contribution in [0.1, 0.15) is 18.3 Å². The standard InChI is InChI=1S/C14H16BrN3O/c1-3-16-14-12(15)9-17-13(18-14)8-10-5-4-6-11(7-10)19-2/h4-7,9H,3,8H2,1-2H3,(H,16,17,18). The van der Waals surface area contributed by atoms with Crippen molar-refractivity contribution >= 4 is 21.7 Å². The van der Waals surface area contributed by atoms with Crippen LogP contribution < -0.4 is 10.1 Å². The van der Waals surface area contributed by atoms with E-state index in [2.05, 4.69) is 31.2 Å². The van der Waals surface area contributed by atoms with E-state index < -0.39 is 0 Å². The summed E-state index contributed by atoms with van der Waals surface area (Å²) in [7, 11) is 1.67. The Bertz CT molecular complexity index is 560. The summed E-state index contributed by atoms with van der Waals surface area (Å²) in [6.07, 6.45) is 2.46. The molecule has 0 aliphatic carbocycles. The highest BCUT2D eigenvalue weighted by atomic mass is 79.9. The van der Waals surface area contributed by atoms with Gasteiger partial charge in [-0.1, -0.05) is 12.1 Å². The molecule has 0 aliphatic rings. The van der Waals surface area contributed by atoms with Crippen LogP contribution >= 0.6 is 15.9 Å². The van der Waals surface area contributed by atoms with Crippen molar-refractivity contribution in [3.05, 3.63) is 46.3 Å². The largest absolute Gasteiger partial charge is 0.497 e. The SMILES string of the molecule is CCNc1nc(Cc2cccc(OC)c2)ncc1Br. The van der Waals surface area contributed by atoms with Gasteiger partial charge >= 0.3 is 0 Å². The Morgan fingerprint density at radius 3 is 2.95 bits per heavy atom. The van der Waals surface area contributed by atoms with Crippen molar-refractivity contribution in [1.29, 1.82) is 0 Å². The molecule has 0 radical (unpaired) electrons. The lowest BCUT2D eigenvalue weighted by atomic mass is 10.1. The fourth-order valence-electron chi connectivity index (χ4n) is 1.75. The van der Waals surface area contributed by atoms with Gasteiger partial charge in [-0.2, -0.15) is 0 Å². The third-order valence-electron chi connectivity index (χ3n) is 2.63. The minimum Gasteiger partial charge on any atom is -0.497 e. The van der Waals surface area contributed by atoms with E-state index in [4.69, 9.17) is 4.74 Å². The van der Waals surface area contributed by atoms with Crippen LogP contribution in [-0.2, 0) is 6.42 Å². The van der Waals surface area contributed by atoms with Crippen LogP contribution in [0.15, 0.2) is 34.9 Å². The molecule has 0 saturated carbocycles. The molecule has 2 rings (SSSR count). The van der Waals surface area contributed by atoms with Gasteiger partial charge in [0.2, 0.25) is 0 Å². The Kier molecular flexibility index (Phi) is 4.74. The van der Waals surface area contributed by atoms with Gasteiger partial charge in [0.1, 0.15) is 17.4 Å². The predicted octanol–water partition coefficient (Wildman–Crippen LogP) is 3.27. The van der Waals surface area contributed by atoms with Gasteiger partial charge in [-0.15, -0.1) is 0 Å². The van der Waals surface area contributed by atoms with Crippen molar-refractivity contribution < 1.29 is 4.74 Å². The Balaban J connectivity index is 2.20. The number of halogens is 1. The van der Waals surface area contributed by atoms with Crippen LogP contribution in [0.4, 0.5) is 5.82 Å². The number of hydrogen-bond acceptors (Lipinski definition) is 4. The number of hydrogen-bond donors (Lipinski definition) is 1. The molecule has 1 aromatic carbocycles. The Morgan fingerprint density at radius 2 is 2.21 bits per heavy atom. The fraction of sp³-hybridized carbons (Fsp3) is 0.286. The van der Waals surface area contributed by atoms with Gasteiger partial charge in [0.15, 0.2) is 0 Å². The molecule has 0 atom stereocenters. The second kappa shape index (κ2) is 6.52. The molecule has 1 heterocycles. The lowest BCUT2D eigenvalue weighted by Crippen LogP contribution is -2.04. The number of anilines is 1. The number of rotatable bonds is 5. The maximum absolute atomic E-state index is 5.21. The molecule has 19 heavy (non-hydrogen) atoms. The molecule has 0 aliphatic heterocycles. The molecule has 0 unspecified atom stereocenters. The van der Waals surface area contributed by atoms with Crippen LogP contribution in [0.2, 0.25) is 0 Å². The zero-order valence-electron chi connectivity index (χ0n) is 11.0. The molecule has 0 amide bonds. The second-order valence-electron chi connectivity index (χ2n) is 4.04. The molecule has 5 heteroatoms. The number of methoxy groups -OCH3 is 1. The first-order chi connectivity index (χ1) is 9.22. The summed E-state index contributed by atoms with van der Waals surface area (Å²) >= 11 is 3.43. The van der Waals surface area contributed by atoms with E-state index in [9.17, 15) is 0 Å². The van der Waals surface area contributed by atoms with Crippen molar-refractivity contribution in [3.63, 3.8) is 0 Å². The summed E-state index contributed by atoms with van der Waals surface area (Å²) in [5.74, 6) is 2.46. The molecular weight excluding hydrogens is 306 g/mol.